The molecule has 2 aromatic rings. The molecule has 0 aliphatic rings. The molecule has 2 aromatic carbocycles. The Balaban J connectivity index is 2.36. The molecule has 24 heavy (non-hydrogen) atoms. The second-order valence-corrected chi connectivity index (χ2v) is 5.05. The molecule has 1 atom stereocenters. The maximum absolute atomic E-state index is 11.3. The van der Waals surface area contributed by atoms with Crippen molar-refractivity contribution in [1.29, 1.82) is 5.26 Å². The third-order valence-corrected chi connectivity index (χ3v) is 3.62. The molecule has 7 nitrogen and oxygen atoms in total. The van der Waals surface area contributed by atoms with Gasteiger partial charge in [0, 0.05) is 12.0 Å². The fraction of sp³-hybridized carbons (Fsp3) is 0.235. The number of nitrogens with zero attached hydrogens (tertiary/aromatic N) is 2. The van der Waals surface area contributed by atoms with Crippen LogP contribution in [0.1, 0.15) is 22.8 Å². The number of rotatable bonds is 6. The number of nitro groups is 1. The van der Waals surface area contributed by atoms with Gasteiger partial charge in [-0.1, -0.05) is 12.1 Å². The fourth-order valence-corrected chi connectivity index (χ4v) is 2.35. The zero-order chi connectivity index (χ0) is 17.7. The van der Waals surface area contributed by atoms with Crippen molar-refractivity contribution in [3.63, 3.8) is 0 Å². The Morgan fingerprint density at radius 3 is 2.29 bits per heavy atom. The number of hydrogen-bond donors (Lipinski definition) is 1. The van der Waals surface area contributed by atoms with Crippen molar-refractivity contribution in [1.82, 2.24) is 0 Å². The average molecular weight is 328 g/mol. The molecule has 0 amide bonds. The van der Waals surface area contributed by atoms with Crippen LogP contribution in [0.25, 0.3) is 0 Å². The SMILES string of the molecule is COc1cc(C[C@H](O)c2ccc(C#N)cc2)c([N+](=O)[O-])cc1OC. The number of hydrogen-bond acceptors (Lipinski definition) is 6. The number of ether oxygens (including phenoxy) is 2. The van der Waals surface area contributed by atoms with Gasteiger partial charge in [0.2, 0.25) is 0 Å². The van der Waals surface area contributed by atoms with E-state index in [-0.39, 0.29) is 17.9 Å². The zero-order valence-electron chi connectivity index (χ0n) is 13.2. The van der Waals surface area contributed by atoms with Crippen molar-refractivity contribution in [2.75, 3.05) is 14.2 Å². The Kier molecular flexibility index (Phi) is 5.35. The highest BCUT2D eigenvalue weighted by Crippen LogP contribution is 2.36. The molecule has 0 saturated heterocycles. The summed E-state index contributed by atoms with van der Waals surface area (Å²) in [5.74, 6) is 0.603. The summed E-state index contributed by atoms with van der Waals surface area (Å²) < 4.78 is 10.2. The molecule has 1 N–H and O–H groups in total. The summed E-state index contributed by atoms with van der Waals surface area (Å²) in [7, 11) is 2.83. The van der Waals surface area contributed by atoms with Crippen LogP contribution in [-0.2, 0) is 6.42 Å². The highest BCUT2D eigenvalue weighted by atomic mass is 16.6. The van der Waals surface area contributed by atoms with Gasteiger partial charge in [0.05, 0.1) is 42.9 Å². The first-order valence-electron chi connectivity index (χ1n) is 7.07. The second kappa shape index (κ2) is 7.44. The molecule has 2 rings (SSSR count). The number of aliphatic hydroxyl groups is 1. The van der Waals surface area contributed by atoms with E-state index in [1.807, 2.05) is 6.07 Å². The third-order valence-electron chi connectivity index (χ3n) is 3.62. The van der Waals surface area contributed by atoms with Gasteiger partial charge in [0.15, 0.2) is 11.5 Å². The normalized spacial score (nSPS) is 11.4. The van der Waals surface area contributed by atoms with Crippen molar-refractivity contribution in [2.45, 2.75) is 12.5 Å². The van der Waals surface area contributed by atoms with Crippen molar-refractivity contribution in [3.8, 4) is 17.6 Å². The zero-order valence-corrected chi connectivity index (χ0v) is 13.2. The molecule has 0 radical (unpaired) electrons. The minimum absolute atomic E-state index is 0.0303. The molecular formula is C17H16N2O5. The number of benzene rings is 2. The lowest BCUT2D eigenvalue weighted by Crippen LogP contribution is -2.06. The van der Waals surface area contributed by atoms with Crippen LogP contribution in [0.2, 0.25) is 0 Å². The maximum atomic E-state index is 11.3. The van der Waals surface area contributed by atoms with Crippen LogP contribution in [0.3, 0.4) is 0 Å². The van der Waals surface area contributed by atoms with Gasteiger partial charge in [-0.15, -0.1) is 0 Å². The topological polar surface area (TPSA) is 106 Å². The predicted octanol–water partition coefficient (Wildman–Crippen LogP) is 2.76. The van der Waals surface area contributed by atoms with Crippen molar-refractivity contribution >= 4 is 5.69 Å². The van der Waals surface area contributed by atoms with Crippen LogP contribution in [-0.4, -0.2) is 24.2 Å². The molecule has 0 aliphatic heterocycles. The molecular weight excluding hydrogens is 312 g/mol. The van der Waals surface area contributed by atoms with Gasteiger partial charge < -0.3 is 14.6 Å². The first-order valence-corrected chi connectivity index (χ1v) is 7.07. The Labute approximate surface area is 138 Å². The van der Waals surface area contributed by atoms with Crippen LogP contribution in [0.5, 0.6) is 11.5 Å². The quantitative estimate of drug-likeness (QED) is 0.645. The molecule has 0 spiro atoms. The van der Waals surface area contributed by atoms with Gasteiger partial charge in [-0.3, -0.25) is 10.1 Å². The third kappa shape index (κ3) is 3.62. The summed E-state index contributed by atoms with van der Waals surface area (Å²) >= 11 is 0. The highest BCUT2D eigenvalue weighted by Gasteiger charge is 2.22. The van der Waals surface area contributed by atoms with Gasteiger partial charge in [-0.25, -0.2) is 0 Å². The lowest BCUT2D eigenvalue weighted by Gasteiger charge is -2.14. The van der Waals surface area contributed by atoms with Crippen LogP contribution in [0, 0.1) is 21.4 Å². The van der Waals surface area contributed by atoms with Gasteiger partial charge in [-0.2, -0.15) is 5.26 Å². The van der Waals surface area contributed by atoms with Crippen LogP contribution >= 0.6 is 0 Å². The van der Waals surface area contributed by atoms with E-state index in [0.717, 1.165) is 0 Å². The summed E-state index contributed by atoms with van der Waals surface area (Å²) in [6.07, 6.45) is -0.919. The van der Waals surface area contributed by atoms with Gasteiger partial charge in [0.25, 0.3) is 5.69 Å². The Hall–Kier alpha value is -3.11. The molecule has 0 aromatic heterocycles. The number of methoxy groups -OCH3 is 2. The Bertz CT molecular complexity index is 781. The average Bonchev–Trinajstić information content (AvgIpc) is 2.61. The minimum Gasteiger partial charge on any atom is -0.493 e. The van der Waals surface area contributed by atoms with E-state index < -0.39 is 11.0 Å². The number of nitriles is 1. The molecule has 124 valence electrons. The van der Waals surface area contributed by atoms with E-state index in [2.05, 4.69) is 0 Å². The first-order chi connectivity index (χ1) is 11.5. The van der Waals surface area contributed by atoms with Gasteiger partial charge in [0.1, 0.15) is 0 Å². The van der Waals surface area contributed by atoms with Gasteiger partial charge in [-0.05, 0) is 23.8 Å². The number of aliphatic hydroxyl groups excluding tert-OH is 1. The summed E-state index contributed by atoms with van der Waals surface area (Å²) in [6, 6.07) is 11.2. The fourth-order valence-electron chi connectivity index (χ4n) is 2.35. The van der Waals surface area contributed by atoms with E-state index in [1.54, 1.807) is 24.3 Å². The standard InChI is InChI=1S/C17H16N2O5/c1-23-16-8-13(14(19(21)22)9-17(16)24-2)7-15(20)12-5-3-11(10-18)4-6-12/h3-6,8-9,15,20H,7H2,1-2H3/t15-/m0/s1. The van der Waals surface area contributed by atoms with E-state index in [0.29, 0.717) is 22.4 Å². The predicted molar refractivity (Wildman–Crippen MR) is 86.0 cm³/mol. The lowest BCUT2D eigenvalue weighted by atomic mass is 9.99. The summed E-state index contributed by atoms with van der Waals surface area (Å²) in [4.78, 5) is 10.8. The molecule has 0 unspecified atom stereocenters. The van der Waals surface area contributed by atoms with E-state index in [9.17, 15) is 15.2 Å². The first kappa shape index (κ1) is 17.2. The summed E-state index contributed by atoms with van der Waals surface area (Å²) in [6.45, 7) is 0. The summed E-state index contributed by atoms with van der Waals surface area (Å²) in [5, 5.41) is 30.4. The van der Waals surface area contributed by atoms with E-state index >= 15 is 0 Å². The minimum atomic E-state index is -0.949. The van der Waals surface area contributed by atoms with Crippen molar-refractivity contribution in [3.05, 3.63) is 63.2 Å². The smallest absolute Gasteiger partial charge is 0.276 e. The van der Waals surface area contributed by atoms with Crippen LogP contribution in [0.15, 0.2) is 36.4 Å². The largest absolute Gasteiger partial charge is 0.493 e. The van der Waals surface area contributed by atoms with E-state index in [1.165, 1.54) is 26.4 Å². The molecule has 0 aliphatic carbocycles. The Morgan fingerprint density at radius 1 is 1.21 bits per heavy atom. The maximum Gasteiger partial charge on any atom is 0.276 e. The van der Waals surface area contributed by atoms with Crippen LogP contribution in [0.4, 0.5) is 5.69 Å². The number of nitro benzene ring substituents is 1. The van der Waals surface area contributed by atoms with Crippen molar-refractivity contribution < 1.29 is 19.5 Å². The van der Waals surface area contributed by atoms with Crippen LogP contribution < -0.4 is 9.47 Å². The highest BCUT2D eigenvalue weighted by molar-refractivity contribution is 5.54. The molecule has 0 fully saturated rings. The monoisotopic (exact) mass is 328 g/mol. The lowest BCUT2D eigenvalue weighted by molar-refractivity contribution is -0.385. The molecule has 7 heteroatoms. The molecule has 0 heterocycles. The summed E-state index contributed by atoms with van der Waals surface area (Å²) in [5.41, 5.74) is 1.22. The second-order valence-electron chi connectivity index (χ2n) is 5.05. The molecule has 0 saturated carbocycles. The molecule has 0 bridgehead atoms. The van der Waals surface area contributed by atoms with E-state index in [4.69, 9.17) is 14.7 Å². The van der Waals surface area contributed by atoms with Crippen molar-refractivity contribution in [2.24, 2.45) is 0 Å². The van der Waals surface area contributed by atoms with Gasteiger partial charge >= 0.3 is 0 Å². The Morgan fingerprint density at radius 2 is 1.79 bits per heavy atom.